The second kappa shape index (κ2) is 8.24. The molecule has 0 aliphatic carbocycles. The highest BCUT2D eigenvalue weighted by Crippen LogP contribution is 2.38. The van der Waals surface area contributed by atoms with E-state index in [4.69, 9.17) is 18.9 Å². The number of hydrogen-bond donors (Lipinski definition) is 0. The second-order valence-corrected chi connectivity index (χ2v) is 5.36. The highest BCUT2D eigenvalue weighted by Gasteiger charge is 2.15. The van der Waals surface area contributed by atoms with Crippen molar-refractivity contribution in [3.05, 3.63) is 53.1 Å². The molecule has 0 saturated carbocycles. The van der Waals surface area contributed by atoms with E-state index in [9.17, 15) is 4.79 Å². The molecular weight excluding hydrogens is 320 g/mol. The zero-order chi connectivity index (χ0) is 18.4. The van der Waals surface area contributed by atoms with Crippen LogP contribution >= 0.6 is 0 Å². The first-order chi connectivity index (χ1) is 12.0. The quantitative estimate of drug-likeness (QED) is 0.564. The highest BCUT2D eigenvalue weighted by atomic mass is 16.5. The molecule has 0 aliphatic rings. The van der Waals surface area contributed by atoms with Gasteiger partial charge in [0, 0.05) is 11.1 Å². The Morgan fingerprint density at radius 1 is 0.840 bits per heavy atom. The van der Waals surface area contributed by atoms with Crippen LogP contribution < -0.4 is 18.9 Å². The Hall–Kier alpha value is -2.95. The van der Waals surface area contributed by atoms with Crippen molar-refractivity contribution in [3.63, 3.8) is 0 Å². The Bertz CT molecular complexity index is 768. The molecule has 2 rings (SSSR count). The monoisotopic (exact) mass is 342 g/mol. The van der Waals surface area contributed by atoms with Gasteiger partial charge < -0.3 is 18.9 Å². The van der Waals surface area contributed by atoms with Gasteiger partial charge in [-0.05, 0) is 43.3 Å². The van der Waals surface area contributed by atoms with Gasteiger partial charge in [0.25, 0.3) is 0 Å². The van der Waals surface area contributed by atoms with E-state index in [1.807, 2.05) is 25.1 Å². The normalized spacial score (nSPS) is 10.6. The zero-order valence-corrected chi connectivity index (χ0v) is 15.1. The molecule has 2 aromatic rings. The van der Waals surface area contributed by atoms with Crippen LogP contribution in [0.25, 0.3) is 6.08 Å². The SMILES string of the molecule is COc1ccc(C)cc1/C=C/C(=O)c1cc(OC)c(OC)c(OC)c1. The Morgan fingerprint density at radius 3 is 1.96 bits per heavy atom. The maximum Gasteiger partial charge on any atom is 0.203 e. The largest absolute Gasteiger partial charge is 0.496 e. The predicted octanol–water partition coefficient (Wildman–Crippen LogP) is 3.93. The number of ketones is 1. The first-order valence-corrected chi connectivity index (χ1v) is 7.71. The lowest BCUT2D eigenvalue weighted by molar-refractivity contribution is 0.104. The first-order valence-electron chi connectivity index (χ1n) is 7.71. The molecule has 0 fully saturated rings. The Labute approximate surface area is 147 Å². The summed E-state index contributed by atoms with van der Waals surface area (Å²) in [6.45, 7) is 1.98. The zero-order valence-electron chi connectivity index (χ0n) is 15.1. The van der Waals surface area contributed by atoms with Crippen molar-refractivity contribution in [2.45, 2.75) is 6.92 Å². The maximum absolute atomic E-state index is 12.6. The molecule has 0 bridgehead atoms. The van der Waals surface area contributed by atoms with Gasteiger partial charge in [-0.1, -0.05) is 11.6 Å². The summed E-state index contributed by atoms with van der Waals surface area (Å²) in [4.78, 5) is 12.6. The topological polar surface area (TPSA) is 54.0 Å². The second-order valence-electron chi connectivity index (χ2n) is 5.36. The molecule has 5 heteroatoms. The van der Waals surface area contributed by atoms with E-state index in [1.165, 1.54) is 27.4 Å². The molecule has 0 atom stereocenters. The number of benzene rings is 2. The van der Waals surface area contributed by atoms with E-state index in [-0.39, 0.29) is 5.78 Å². The molecule has 0 amide bonds. The predicted molar refractivity (Wildman–Crippen MR) is 97.2 cm³/mol. The van der Waals surface area contributed by atoms with E-state index in [0.717, 1.165) is 11.1 Å². The molecule has 0 saturated heterocycles. The van der Waals surface area contributed by atoms with Crippen LogP contribution in [0, 0.1) is 6.92 Å². The summed E-state index contributed by atoms with van der Waals surface area (Å²) in [6.07, 6.45) is 3.23. The van der Waals surface area contributed by atoms with E-state index < -0.39 is 0 Å². The van der Waals surface area contributed by atoms with Gasteiger partial charge in [-0.25, -0.2) is 0 Å². The third-order valence-electron chi connectivity index (χ3n) is 3.75. The number of carbonyl (C=O) groups is 1. The number of rotatable bonds is 7. The van der Waals surface area contributed by atoms with Gasteiger partial charge in [-0.2, -0.15) is 0 Å². The summed E-state index contributed by atoms with van der Waals surface area (Å²) >= 11 is 0. The Balaban J connectivity index is 2.37. The van der Waals surface area contributed by atoms with Crippen molar-refractivity contribution >= 4 is 11.9 Å². The smallest absolute Gasteiger partial charge is 0.203 e. The summed E-state index contributed by atoms with van der Waals surface area (Å²) in [5, 5.41) is 0. The third-order valence-corrected chi connectivity index (χ3v) is 3.75. The minimum absolute atomic E-state index is 0.178. The van der Waals surface area contributed by atoms with Crippen LogP contribution in [0.1, 0.15) is 21.5 Å². The lowest BCUT2D eigenvalue weighted by atomic mass is 10.1. The molecule has 2 aromatic carbocycles. The van der Waals surface area contributed by atoms with Gasteiger partial charge in [0.2, 0.25) is 5.75 Å². The van der Waals surface area contributed by atoms with Crippen LogP contribution in [0.2, 0.25) is 0 Å². The van der Waals surface area contributed by atoms with E-state index >= 15 is 0 Å². The minimum Gasteiger partial charge on any atom is -0.496 e. The summed E-state index contributed by atoms with van der Waals surface area (Å²) in [7, 11) is 6.15. The molecule has 0 unspecified atom stereocenters. The van der Waals surface area contributed by atoms with Crippen molar-refractivity contribution in [3.8, 4) is 23.0 Å². The molecule has 25 heavy (non-hydrogen) atoms. The lowest BCUT2D eigenvalue weighted by Crippen LogP contribution is -2.00. The Morgan fingerprint density at radius 2 is 1.44 bits per heavy atom. The van der Waals surface area contributed by atoms with Crippen LogP contribution in [0.3, 0.4) is 0 Å². The number of hydrogen-bond acceptors (Lipinski definition) is 5. The van der Waals surface area contributed by atoms with Gasteiger partial charge in [-0.15, -0.1) is 0 Å². The van der Waals surface area contributed by atoms with Crippen molar-refractivity contribution in [1.82, 2.24) is 0 Å². The molecular formula is C20H22O5. The van der Waals surface area contributed by atoms with Gasteiger partial charge in [0.15, 0.2) is 17.3 Å². The fourth-order valence-electron chi connectivity index (χ4n) is 2.47. The number of methoxy groups -OCH3 is 4. The number of carbonyl (C=O) groups excluding carboxylic acids is 1. The van der Waals surface area contributed by atoms with Crippen molar-refractivity contribution < 1.29 is 23.7 Å². The molecule has 0 heterocycles. The van der Waals surface area contributed by atoms with E-state index in [1.54, 1.807) is 25.3 Å². The molecule has 0 aliphatic heterocycles. The summed E-state index contributed by atoms with van der Waals surface area (Å²) in [6, 6.07) is 9.04. The van der Waals surface area contributed by atoms with Gasteiger partial charge >= 0.3 is 0 Å². The standard InChI is InChI=1S/C20H22O5/c1-13-6-9-17(22-2)14(10-13)7-8-16(21)15-11-18(23-3)20(25-5)19(12-15)24-4/h6-12H,1-5H3/b8-7+. The number of allylic oxidation sites excluding steroid dienone is 1. The van der Waals surface area contributed by atoms with E-state index in [0.29, 0.717) is 28.6 Å². The lowest BCUT2D eigenvalue weighted by Gasteiger charge is -2.13. The van der Waals surface area contributed by atoms with Crippen molar-refractivity contribution in [2.24, 2.45) is 0 Å². The van der Waals surface area contributed by atoms with Crippen LogP contribution in [0.4, 0.5) is 0 Å². The summed E-state index contributed by atoms with van der Waals surface area (Å²) in [5.74, 6) is 1.85. The fraction of sp³-hybridized carbons (Fsp3) is 0.250. The van der Waals surface area contributed by atoms with E-state index in [2.05, 4.69) is 0 Å². The summed E-state index contributed by atoms with van der Waals surface area (Å²) in [5.41, 5.74) is 2.36. The minimum atomic E-state index is -0.178. The molecule has 0 radical (unpaired) electrons. The van der Waals surface area contributed by atoms with Gasteiger partial charge in [0.05, 0.1) is 28.4 Å². The third kappa shape index (κ3) is 4.12. The maximum atomic E-state index is 12.6. The van der Waals surface area contributed by atoms with Crippen LogP contribution in [-0.4, -0.2) is 34.2 Å². The number of aryl methyl sites for hydroxylation is 1. The van der Waals surface area contributed by atoms with Gasteiger partial charge in [-0.3, -0.25) is 4.79 Å². The molecule has 0 aromatic heterocycles. The fourth-order valence-corrected chi connectivity index (χ4v) is 2.47. The van der Waals surface area contributed by atoms with Crippen LogP contribution in [-0.2, 0) is 0 Å². The van der Waals surface area contributed by atoms with Crippen LogP contribution in [0.5, 0.6) is 23.0 Å². The molecule has 5 nitrogen and oxygen atoms in total. The van der Waals surface area contributed by atoms with Crippen molar-refractivity contribution in [1.29, 1.82) is 0 Å². The average Bonchev–Trinajstić information content (AvgIpc) is 2.64. The van der Waals surface area contributed by atoms with Crippen LogP contribution in [0.15, 0.2) is 36.4 Å². The van der Waals surface area contributed by atoms with Gasteiger partial charge in [0.1, 0.15) is 5.75 Å². The van der Waals surface area contributed by atoms with Crippen molar-refractivity contribution in [2.75, 3.05) is 28.4 Å². The molecule has 0 N–H and O–H groups in total. The average molecular weight is 342 g/mol. The number of ether oxygens (including phenoxy) is 4. The molecule has 0 spiro atoms. The highest BCUT2D eigenvalue weighted by molar-refractivity contribution is 6.07. The first kappa shape index (κ1) is 18.4. The molecule has 132 valence electrons. The Kier molecular flexibility index (Phi) is 6.06. The summed E-state index contributed by atoms with van der Waals surface area (Å²) < 4.78 is 21.2.